The van der Waals surface area contributed by atoms with Gasteiger partial charge in [-0.1, -0.05) is 0 Å². The van der Waals surface area contributed by atoms with Crippen LogP contribution in [0, 0.1) is 17.2 Å². The maximum atomic E-state index is 9.81. The third-order valence-electron chi connectivity index (χ3n) is 4.90. The fourth-order valence-corrected chi connectivity index (χ4v) is 3.67. The zero-order chi connectivity index (χ0) is 16.5. The third kappa shape index (κ3) is 2.55. The quantitative estimate of drug-likeness (QED) is 0.768. The minimum Gasteiger partial charge on any atom is -0.393 e. The average Bonchev–Trinajstić information content (AvgIpc) is 3.32. The molecule has 3 heterocycles. The lowest BCUT2D eigenvalue weighted by atomic mass is 9.96. The van der Waals surface area contributed by atoms with Crippen LogP contribution in [0.1, 0.15) is 31.7 Å². The molecular formula is C17H18N6O. The largest absolute Gasteiger partial charge is 0.393 e. The highest BCUT2D eigenvalue weighted by molar-refractivity contribution is 5.91. The Kier molecular flexibility index (Phi) is 3.75. The second-order valence-electron chi connectivity index (χ2n) is 6.36. The Hall–Kier alpha value is -2.72. The molecule has 24 heavy (non-hydrogen) atoms. The molecule has 1 saturated carbocycles. The number of hydrogen-bond donors (Lipinski definition) is 2. The fraction of sp³-hybridized carbons (Fsp3) is 0.412. The lowest BCUT2D eigenvalue weighted by Crippen LogP contribution is -2.18. The Labute approximate surface area is 138 Å². The molecule has 0 spiro atoms. The molecule has 0 bridgehead atoms. The molecule has 3 aromatic heterocycles. The molecule has 7 nitrogen and oxygen atoms in total. The molecular weight excluding hydrogens is 304 g/mol. The van der Waals surface area contributed by atoms with Crippen molar-refractivity contribution in [1.29, 1.82) is 5.26 Å². The third-order valence-corrected chi connectivity index (χ3v) is 4.90. The molecule has 0 radical (unpaired) electrons. The molecule has 7 heteroatoms. The minimum atomic E-state index is -0.255. The Morgan fingerprint density at radius 1 is 1.42 bits per heavy atom. The minimum absolute atomic E-state index is 0.00240. The summed E-state index contributed by atoms with van der Waals surface area (Å²) >= 11 is 0. The molecule has 0 aromatic carbocycles. The first kappa shape index (κ1) is 14.8. The summed E-state index contributed by atoms with van der Waals surface area (Å²) in [7, 11) is 0. The summed E-state index contributed by atoms with van der Waals surface area (Å²) in [6, 6.07) is 4.23. The standard InChI is InChI=1S/C17H18N6O/c18-5-3-16(11-1-2-13(24)7-11)23-10-12(8-21-23)15-9-20-22-17-14(15)4-6-19-17/h4,6,8-11,13,16,24H,1-3,7H2,(H,19,22)/t11?,13?,16-/m1/s1. The van der Waals surface area contributed by atoms with Gasteiger partial charge in [0.05, 0.1) is 37.0 Å². The van der Waals surface area contributed by atoms with Gasteiger partial charge in [0, 0.05) is 28.9 Å². The van der Waals surface area contributed by atoms with Crippen molar-refractivity contribution in [2.75, 3.05) is 0 Å². The fourth-order valence-electron chi connectivity index (χ4n) is 3.67. The maximum absolute atomic E-state index is 9.81. The molecule has 1 aliphatic carbocycles. The van der Waals surface area contributed by atoms with Crippen LogP contribution in [-0.2, 0) is 0 Å². The number of hydrogen-bond acceptors (Lipinski definition) is 5. The van der Waals surface area contributed by atoms with E-state index < -0.39 is 0 Å². The van der Waals surface area contributed by atoms with Gasteiger partial charge >= 0.3 is 0 Å². The van der Waals surface area contributed by atoms with Gasteiger partial charge in [0.2, 0.25) is 0 Å². The molecule has 3 aromatic rings. The molecule has 0 aliphatic heterocycles. The normalized spacial score (nSPS) is 21.8. The highest BCUT2D eigenvalue weighted by atomic mass is 16.3. The SMILES string of the molecule is N#CC[C@H](C1CCC(O)C1)n1cc(-c2cnnc3[nH]ccc23)cn1. The van der Waals surface area contributed by atoms with E-state index in [1.807, 2.05) is 23.1 Å². The number of aromatic amines is 1. The van der Waals surface area contributed by atoms with Crippen LogP contribution in [0.15, 0.2) is 30.9 Å². The first-order chi connectivity index (χ1) is 11.8. The number of aromatic nitrogens is 5. The zero-order valence-electron chi connectivity index (χ0n) is 13.1. The van der Waals surface area contributed by atoms with Gasteiger partial charge < -0.3 is 10.1 Å². The van der Waals surface area contributed by atoms with Crippen molar-refractivity contribution in [1.82, 2.24) is 25.0 Å². The van der Waals surface area contributed by atoms with E-state index in [4.69, 9.17) is 0 Å². The van der Waals surface area contributed by atoms with E-state index in [9.17, 15) is 10.4 Å². The van der Waals surface area contributed by atoms with Gasteiger partial charge in [0.1, 0.15) is 0 Å². The van der Waals surface area contributed by atoms with Gasteiger partial charge in [-0.3, -0.25) is 4.68 Å². The Morgan fingerprint density at radius 3 is 3.12 bits per heavy atom. The summed E-state index contributed by atoms with van der Waals surface area (Å²) < 4.78 is 1.88. The Morgan fingerprint density at radius 2 is 2.33 bits per heavy atom. The highest BCUT2D eigenvalue weighted by Gasteiger charge is 2.31. The van der Waals surface area contributed by atoms with Crippen LogP contribution in [0.3, 0.4) is 0 Å². The maximum Gasteiger partial charge on any atom is 0.160 e. The highest BCUT2D eigenvalue weighted by Crippen LogP contribution is 2.37. The van der Waals surface area contributed by atoms with E-state index in [-0.39, 0.29) is 18.1 Å². The number of nitrogens with zero attached hydrogens (tertiary/aromatic N) is 5. The van der Waals surface area contributed by atoms with Crippen molar-refractivity contribution in [3.8, 4) is 17.2 Å². The van der Waals surface area contributed by atoms with Crippen LogP contribution in [0.25, 0.3) is 22.2 Å². The predicted molar refractivity (Wildman–Crippen MR) is 87.7 cm³/mol. The smallest absolute Gasteiger partial charge is 0.160 e. The first-order valence-corrected chi connectivity index (χ1v) is 8.14. The molecule has 0 amide bonds. The van der Waals surface area contributed by atoms with Crippen LogP contribution < -0.4 is 0 Å². The lowest BCUT2D eigenvalue weighted by molar-refractivity contribution is 0.170. The molecule has 1 aliphatic rings. The summed E-state index contributed by atoms with van der Waals surface area (Å²) in [6.45, 7) is 0. The van der Waals surface area contributed by atoms with Gasteiger partial charge in [0.25, 0.3) is 0 Å². The van der Waals surface area contributed by atoms with E-state index in [2.05, 4.69) is 26.3 Å². The van der Waals surface area contributed by atoms with Crippen molar-refractivity contribution < 1.29 is 5.11 Å². The van der Waals surface area contributed by atoms with Gasteiger partial charge in [-0.25, -0.2) is 0 Å². The number of fused-ring (bicyclic) bond motifs is 1. The van der Waals surface area contributed by atoms with Crippen molar-refractivity contribution in [3.05, 3.63) is 30.9 Å². The Bertz CT molecular complexity index is 892. The van der Waals surface area contributed by atoms with Crippen molar-refractivity contribution in [3.63, 3.8) is 0 Å². The molecule has 0 saturated heterocycles. The second-order valence-corrected chi connectivity index (χ2v) is 6.36. The monoisotopic (exact) mass is 322 g/mol. The van der Waals surface area contributed by atoms with Gasteiger partial charge in [-0.2, -0.15) is 15.5 Å². The van der Waals surface area contributed by atoms with Gasteiger partial charge in [-0.15, -0.1) is 5.10 Å². The van der Waals surface area contributed by atoms with Crippen LogP contribution in [0.2, 0.25) is 0 Å². The predicted octanol–water partition coefficient (Wildman–Crippen LogP) is 2.44. The van der Waals surface area contributed by atoms with E-state index in [1.54, 1.807) is 12.4 Å². The van der Waals surface area contributed by atoms with Crippen molar-refractivity contribution in [2.45, 2.75) is 37.8 Å². The van der Waals surface area contributed by atoms with Crippen LogP contribution in [0.5, 0.6) is 0 Å². The summed E-state index contributed by atoms with van der Waals surface area (Å²) in [5.74, 6) is 0.287. The number of rotatable bonds is 4. The van der Waals surface area contributed by atoms with E-state index in [0.717, 1.165) is 41.4 Å². The number of aliphatic hydroxyl groups excluding tert-OH is 1. The number of aliphatic hydroxyl groups is 1. The number of nitriles is 1. The van der Waals surface area contributed by atoms with E-state index in [0.29, 0.717) is 6.42 Å². The van der Waals surface area contributed by atoms with Crippen molar-refractivity contribution >= 4 is 11.0 Å². The second kappa shape index (κ2) is 6.06. The number of nitrogens with one attached hydrogen (secondary N) is 1. The first-order valence-electron chi connectivity index (χ1n) is 8.14. The van der Waals surface area contributed by atoms with Crippen molar-refractivity contribution in [2.24, 2.45) is 5.92 Å². The lowest BCUT2D eigenvalue weighted by Gasteiger charge is -2.21. The molecule has 4 rings (SSSR count). The number of H-pyrrole nitrogens is 1. The Balaban J connectivity index is 1.68. The molecule has 2 unspecified atom stereocenters. The van der Waals surface area contributed by atoms with Gasteiger partial charge in [0.15, 0.2) is 5.65 Å². The van der Waals surface area contributed by atoms with Crippen LogP contribution in [0.4, 0.5) is 0 Å². The summed E-state index contributed by atoms with van der Waals surface area (Å²) in [5, 5.41) is 32.6. The zero-order valence-corrected chi connectivity index (χ0v) is 13.1. The summed E-state index contributed by atoms with van der Waals surface area (Å²) in [6.07, 6.45) is 9.96. The average molecular weight is 322 g/mol. The summed E-state index contributed by atoms with van der Waals surface area (Å²) in [4.78, 5) is 3.06. The molecule has 3 atom stereocenters. The molecule has 2 N–H and O–H groups in total. The summed E-state index contributed by atoms with van der Waals surface area (Å²) in [5.41, 5.74) is 2.67. The van der Waals surface area contributed by atoms with Crippen LogP contribution in [-0.4, -0.2) is 36.2 Å². The molecule has 1 fully saturated rings. The van der Waals surface area contributed by atoms with E-state index >= 15 is 0 Å². The van der Waals surface area contributed by atoms with Crippen LogP contribution >= 0.6 is 0 Å². The molecule has 122 valence electrons. The van der Waals surface area contributed by atoms with Gasteiger partial charge in [-0.05, 0) is 31.2 Å². The topological polar surface area (TPSA) is 103 Å². The van der Waals surface area contributed by atoms with E-state index in [1.165, 1.54) is 0 Å².